The van der Waals surface area contributed by atoms with E-state index < -0.39 is 37.6 Å². The summed E-state index contributed by atoms with van der Waals surface area (Å²) in [6.45, 7) is 2.50. The quantitative estimate of drug-likeness (QED) is 0.599. The molecular formula is C18H20N4O7. The number of rotatable bonds is 4. The van der Waals surface area contributed by atoms with E-state index in [1.807, 2.05) is 0 Å². The average Bonchev–Trinajstić information content (AvgIpc) is 2.69. The largest absolute Gasteiger partial charge is 0.497 e. The summed E-state index contributed by atoms with van der Waals surface area (Å²) in [6.07, 6.45) is 2.64. The Balaban J connectivity index is 0.000000211. The predicted molar refractivity (Wildman–Crippen MR) is 104 cm³/mol. The second-order valence-electron chi connectivity index (χ2n) is 6.59. The fourth-order valence-electron chi connectivity index (χ4n) is 3.04. The lowest BCUT2D eigenvalue weighted by Gasteiger charge is -2.29. The molecule has 1 aliphatic heterocycles. The van der Waals surface area contributed by atoms with E-state index in [4.69, 9.17) is 5.11 Å². The second kappa shape index (κ2) is 9.55. The maximum atomic E-state index is 10.4. The molecule has 11 heteroatoms. The van der Waals surface area contributed by atoms with Crippen molar-refractivity contribution in [2.45, 2.75) is 18.8 Å². The van der Waals surface area contributed by atoms with Crippen molar-refractivity contribution in [2.75, 3.05) is 20.1 Å². The van der Waals surface area contributed by atoms with Crippen molar-refractivity contribution in [2.24, 2.45) is 0 Å². The van der Waals surface area contributed by atoms with Gasteiger partial charge in [0.25, 0.3) is 11.4 Å². The van der Waals surface area contributed by atoms with E-state index in [9.17, 15) is 30.3 Å². The summed E-state index contributed by atoms with van der Waals surface area (Å²) in [5, 5.41) is 40.2. The van der Waals surface area contributed by atoms with Gasteiger partial charge in [0.2, 0.25) is 0 Å². The van der Waals surface area contributed by atoms with Gasteiger partial charge in [-0.1, -0.05) is 30.3 Å². The summed E-state index contributed by atoms with van der Waals surface area (Å²) in [7, 11) is 2.21. The Morgan fingerprint density at radius 3 is 1.79 bits per heavy atom. The Hall–Kier alpha value is -3.60. The van der Waals surface area contributed by atoms with E-state index in [0.29, 0.717) is 12.1 Å². The first kappa shape index (κ1) is 21.7. The first-order chi connectivity index (χ1) is 13.7. The van der Waals surface area contributed by atoms with E-state index in [2.05, 4.69) is 42.3 Å². The highest BCUT2D eigenvalue weighted by Crippen LogP contribution is 2.38. The summed E-state index contributed by atoms with van der Waals surface area (Å²) >= 11 is 0. The molecule has 0 unspecified atom stereocenters. The summed E-state index contributed by atoms with van der Waals surface area (Å²) in [6, 6.07) is 11.8. The summed E-state index contributed by atoms with van der Waals surface area (Å²) in [5.74, 6) is -0.405. The van der Waals surface area contributed by atoms with Crippen LogP contribution in [0.1, 0.15) is 24.3 Å². The van der Waals surface area contributed by atoms with E-state index in [0.717, 1.165) is 5.92 Å². The van der Waals surface area contributed by atoms with Gasteiger partial charge in [-0.2, -0.15) is 0 Å². The highest BCUT2D eigenvalue weighted by atomic mass is 16.6. The Labute approximate surface area is 165 Å². The molecule has 11 nitrogen and oxygen atoms in total. The molecule has 0 radical (unpaired) electrons. The van der Waals surface area contributed by atoms with Gasteiger partial charge in [0.1, 0.15) is 0 Å². The molecule has 0 bridgehead atoms. The van der Waals surface area contributed by atoms with Crippen LogP contribution in [0.5, 0.6) is 5.75 Å². The summed E-state index contributed by atoms with van der Waals surface area (Å²) in [5.41, 5.74) is -1.48. The molecule has 3 rings (SSSR count). The van der Waals surface area contributed by atoms with E-state index in [1.54, 1.807) is 0 Å². The molecule has 154 valence electrons. The maximum Gasteiger partial charge on any atom is 0.324 e. The van der Waals surface area contributed by atoms with Crippen LogP contribution < -0.4 is 0 Å². The third-order valence-electron chi connectivity index (χ3n) is 4.65. The van der Waals surface area contributed by atoms with Gasteiger partial charge in [-0.25, -0.2) is 0 Å². The van der Waals surface area contributed by atoms with Gasteiger partial charge in [-0.3, -0.25) is 30.3 Å². The van der Waals surface area contributed by atoms with E-state index >= 15 is 0 Å². The van der Waals surface area contributed by atoms with Crippen LogP contribution in [0.3, 0.4) is 0 Å². The monoisotopic (exact) mass is 404 g/mol. The Morgan fingerprint density at radius 2 is 1.38 bits per heavy atom. The second-order valence-corrected chi connectivity index (χ2v) is 6.59. The number of phenols is 1. The zero-order valence-corrected chi connectivity index (χ0v) is 15.6. The van der Waals surface area contributed by atoms with Crippen molar-refractivity contribution < 1.29 is 19.9 Å². The first-order valence-corrected chi connectivity index (χ1v) is 8.74. The molecule has 1 N–H and O–H groups in total. The van der Waals surface area contributed by atoms with Crippen LogP contribution in [0.2, 0.25) is 0 Å². The summed E-state index contributed by atoms with van der Waals surface area (Å²) < 4.78 is 0. The van der Waals surface area contributed by atoms with Gasteiger partial charge in [-0.15, -0.1) is 0 Å². The van der Waals surface area contributed by atoms with Crippen LogP contribution in [-0.4, -0.2) is 44.9 Å². The Morgan fingerprint density at radius 1 is 0.897 bits per heavy atom. The van der Waals surface area contributed by atoms with Crippen molar-refractivity contribution in [3.05, 3.63) is 78.4 Å². The SMILES string of the molecule is CN1CCC(c2ccccc2)CC1.O=[N+]([O-])c1cc([N+](=O)[O-])c(O)c([N+](=O)[O-])c1. The number of hydrogen-bond donors (Lipinski definition) is 1. The van der Waals surface area contributed by atoms with Crippen LogP contribution in [0.25, 0.3) is 0 Å². The third-order valence-corrected chi connectivity index (χ3v) is 4.65. The molecule has 1 saturated heterocycles. The molecule has 1 aliphatic rings. The van der Waals surface area contributed by atoms with Crippen LogP contribution in [0.15, 0.2) is 42.5 Å². The fourth-order valence-corrected chi connectivity index (χ4v) is 3.04. The number of nitrogens with zero attached hydrogens (tertiary/aromatic N) is 4. The normalized spacial score (nSPS) is 14.5. The van der Waals surface area contributed by atoms with Gasteiger partial charge in [0.05, 0.1) is 26.9 Å². The molecule has 1 fully saturated rings. The molecule has 0 saturated carbocycles. The maximum absolute atomic E-state index is 10.4. The predicted octanol–water partition coefficient (Wildman–Crippen LogP) is 3.61. The molecule has 0 amide bonds. The minimum absolute atomic E-state index is 0.447. The minimum atomic E-state index is -1.21. The van der Waals surface area contributed by atoms with Crippen LogP contribution in [-0.2, 0) is 0 Å². The van der Waals surface area contributed by atoms with Gasteiger partial charge < -0.3 is 10.0 Å². The number of piperidine rings is 1. The fraction of sp³-hybridized carbons (Fsp3) is 0.333. The van der Waals surface area contributed by atoms with Crippen molar-refractivity contribution >= 4 is 17.1 Å². The minimum Gasteiger partial charge on any atom is -0.497 e. The molecule has 0 aliphatic carbocycles. The van der Waals surface area contributed by atoms with Crippen molar-refractivity contribution in [1.82, 2.24) is 4.90 Å². The zero-order chi connectivity index (χ0) is 21.6. The van der Waals surface area contributed by atoms with Crippen molar-refractivity contribution in [3.63, 3.8) is 0 Å². The van der Waals surface area contributed by atoms with Crippen LogP contribution in [0, 0.1) is 30.3 Å². The summed E-state index contributed by atoms with van der Waals surface area (Å²) in [4.78, 5) is 30.2. The number of benzene rings is 2. The molecule has 0 aromatic heterocycles. The number of likely N-dealkylation sites (tertiary alicyclic amines) is 1. The molecule has 0 spiro atoms. The lowest BCUT2D eigenvalue weighted by atomic mass is 9.90. The van der Waals surface area contributed by atoms with Gasteiger partial charge in [0, 0.05) is 0 Å². The number of phenolic OH excluding ortho intramolecular Hbond substituents is 1. The molecule has 2 aromatic carbocycles. The molecule has 0 atom stereocenters. The van der Waals surface area contributed by atoms with E-state index in [-0.39, 0.29) is 0 Å². The van der Waals surface area contributed by atoms with Gasteiger partial charge >= 0.3 is 11.4 Å². The Kier molecular flexibility index (Phi) is 7.15. The smallest absolute Gasteiger partial charge is 0.324 e. The highest BCUT2D eigenvalue weighted by molar-refractivity contribution is 5.64. The number of non-ortho nitro benzene ring substituents is 1. The van der Waals surface area contributed by atoms with Gasteiger partial charge in [0.15, 0.2) is 0 Å². The van der Waals surface area contributed by atoms with E-state index in [1.165, 1.54) is 31.5 Å². The topological polar surface area (TPSA) is 153 Å². The molecule has 2 aromatic rings. The standard InChI is InChI=1S/C12H17N.C6H3N3O7/c1-13-9-7-12(8-10-13)11-5-3-2-4-6-11;10-6-4(8(13)14)1-3(7(11)12)2-5(6)9(15)16/h2-6,12H,7-10H2,1H3;1-2,10H. The average molecular weight is 404 g/mol. The third kappa shape index (κ3) is 5.69. The van der Waals surface area contributed by atoms with Crippen LogP contribution >= 0.6 is 0 Å². The first-order valence-electron chi connectivity index (χ1n) is 8.74. The molecular weight excluding hydrogens is 384 g/mol. The lowest BCUT2D eigenvalue weighted by Crippen LogP contribution is -2.29. The number of aromatic hydroxyl groups is 1. The number of nitro groups is 3. The Bertz CT molecular complexity index is 861. The lowest BCUT2D eigenvalue weighted by molar-refractivity contribution is -0.404. The molecule has 1 heterocycles. The zero-order valence-electron chi connectivity index (χ0n) is 15.6. The van der Waals surface area contributed by atoms with Crippen LogP contribution in [0.4, 0.5) is 17.1 Å². The van der Waals surface area contributed by atoms with Gasteiger partial charge in [-0.05, 0) is 44.5 Å². The van der Waals surface area contributed by atoms with Crippen molar-refractivity contribution in [3.8, 4) is 5.75 Å². The highest BCUT2D eigenvalue weighted by Gasteiger charge is 2.30. The number of nitro benzene ring substituents is 3. The van der Waals surface area contributed by atoms with Crippen molar-refractivity contribution in [1.29, 1.82) is 0 Å². The molecule has 29 heavy (non-hydrogen) atoms. The number of hydrogen-bond acceptors (Lipinski definition) is 8.